The molecule has 44 heavy (non-hydrogen) atoms. The molecule has 0 aromatic heterocycles. The molecule has 0 saturated heterocycles. The van der Waals surface area contributed by atoms with Gasteiger partial charge in [0.25, 0.3) is 0 Å². The summed E-state index contributed by atoms with van der Waals surface area (Å²) in [5, 5.41) is 9.05. The summed E-state index contributed by atoms with van der Waals surface area (Å²) in [7, 11) is -11.0. The van der Waals surface area contributed by atoms with Crippen molar-refractivity contribution in [3.8, 4) is 17.2 Å². The van der Waals surface area contributed by atoms with Gasteiger partial charge in [-0.05, 0) is 113 Å². The molecule has 2 aromatic carbocycles. The van der Waals surface area contributed by atoms with Crippen molar-refractivity contribution in [2.45, 2.75) is 136 Å². The molecule has 0 atom stereocenters. The Balaban J connectivity index is 1.86. The van der Waals surface area contributed by atoms with Crippen LogP contribution in [0, 0.1) is 11.3 Å². The highest BCUT2D eigenvalue weighted by molar-refractivity contribution is 6.90. The second-order valence-electron chi connectivity index (χ2n) is 14.9. The number of benzene rings is 2. The number of hydrogen-bond donors (Lipinski definition) is 0. The fraction of sp³-hybridized carbons (Fsp3) is 0.618. The smallest absolute Gasteiger partial charge is 0.314 e. The maximum atomic E-state index is 9.05. The molecule has 0 aliphatic rings. The van der Waals surface area contributed by atoms with Crippen molar-refractivity contribution in [3.05, 3.63) is 59.7 Å². The molecule has 5 nitrogen and oxygen atoms in total. The van der Waals surface area contributed by atoms with Gasteiger partial charge in [0.15, 0.2) is 16.6 Å². The number of nitriles is 1. The molecule has 0 spiro atoms. The number of aryl methyl sites for hydroxylation is 1. The number of rotatable bonds is 20. The van der Waals surface area contributed by atoms with E-state index in [0.29, 0.717) is 5.56 Å². The van der Waals surface area contributed by atoms with Crippen LogP contribution in [0.4, 0.5) is 0 Å². The number of hydrogen-bond acceptors (Lipinski definition) is 5. The molecule has 0 amide bonds. The van der Waals surface area contributed by atoms with E-state index >= 15 is 0 Å². The van der Waals surface area contributed by atoms with E-state index in [1.54, 1.807) is 0 Å². The van der Waals surface area contributed by atoms with Crippen molar-refractivity contribution in [2.75, 3.05) is 0 Å². The molecule has 2 rings (SSSR count). The summed E-state index contributed by atoms with van der Waals surface area (Å²) in [6.45, 7) is 24.7. The highest BCUT2D eigenvalue weighted by Gasteiger charge is 2.45. The van der Waals surface area contributed by atoms with E-state index in [-0.39, 0.29) is 0 Å². The minimum atomic E-state index is -2.46. The van der Waals surface area contributed by atoms with Gasteiger partial charge in [-0.1, -0.05) is 88.3 Å². The molecule has 0 fully saturated rings. The van der Waals surface area contributed by atoms with Gasteiger partial charge >= 0.3 is 25.7 Å². The predicted octanol–water partition coefficient (Wildman–Crippen LogP) is 11.1. The zero-order valence-corrected chi connectivity index (χ0v) is 34.8. The Morgan fingerprint density at radius 2 is 0.932 bits per heavy atom. The molecule has 0 aliphatic carbocycles. The summed E-state index contributed by atoms with van der Waals surface area (Å²) < 4.78 is 27.3. The van der Waals surface area contributed by atoms with E-state index in [4.69, 9.17) is 21.7 Å². The van der Waals surface area contributed by atoms with Gasteiger partial charge in [-0.2, -0.15) is 5.26 Å². The van der Waals surface area contributed by atoms with Crippen molar-refractivity contribution < 1.29 is 16.5 Å². The van der Waals surface area contributed by atoms with Gasteiger partial charge < -0.3 is 16.5 Å². The monoisotopic (exact) mass is 687 g/mol. The largest absolute Gasteiger partial charge is 0.436 e. The fourth-order valence-electron chi connectivity index (χ4n) is 6.23. The summed E-state index contributed by atoms with van der Waals surface area (Å²) in [6.07, 6.45) is 10.3. The molecule has 10 heteroatoms. The normalized spacial score (nSPS) is 13.2. The third-order valence-corrected chi connectivity index (χ3v) is 27.0. The van der Waals surface area contributed by atoms with Crippen LogP contribution in [0.1, 0.15) is 63.0 Å². The SMILES string of the molecule is CCCCCCCCC[Si](C)(C)O[Si](C)(C)O[Si](C)(C)O[Si](C)(C)O[Si](C)(C)CCc1ccc(-c2ccc(C#N)cc2)cc1. The lowest BCUT2D eigenvalue weighted by atomic mass is 10.0. The minimum absolute atomic E-state index is 0.685. The van der Waals surface area contributed by atoms with Gasteiger partial charge in [0.2, 0.25) is 0 Å². The first kappa shape index (κ1) is 39.0. The van der Waals surface area contributed by atoms with Gasteiger partial charge in [0, 0.05) is 0 Å². The van der Waals surface area contributed by atoms with E-state index in [1.807, 2.05) is 24.3 Å². The van der Waals surface area contributed by atoms with Gasteiger partial charge in [0.05, 0.1) is 11.6 Å². The Morgan fingerprint density at radius 3 is 1.41 bits per heavy atom. The van der Waals surface area contributed by atoms with Crippen LogP contribution in [0.15, 0.2) is 48.5 Å². The van der Waals surface area contributed by atoms with Crippen LogP contribution in [0.3, 0.4) is 0 Å². The lowest BCUT2D eigenvalue weighted by Crippen LogP contribution is -2.58. The second-order valence-corrected chi connectivity index (χ2v) is 34.6. The first-order valence-electron chi connectivity index (χ1n) is 16.8. The average Bonchev–Trinajstić information content (AvgIpc) is 2.89. The summed E-state index contributed by atoms with van der Waals surface area (Å²) in [5.41, 5.74) is 4.30. The average molecular weight is 688 g/mol. The number of nitrogens with zero attached hydrogens (tertiary/aromatic N) is 1. The highest BCUT2D eigenvalue weighted by Crippen LogP contribution is 2.29. The zero-order valence-electron chi connectivity index (χ0n) is 29.8. The van der Waals surface area contributed by atoms with Crippen LogP contribution in [0.2, 0.25) is 77.6 Å². The van der Waals surface area contributed by atoms with E-state index in [0.717, 1.165) is 18.0 Å². The van der Waals surface area contributed by atoms with E-state index in [9.17, 15) is 0 Å². The molecular weight excluding hydrogens is 627 g/mol. The Kier molecular flexibility index (Phi) is 15.2. The summed E-state index contributed by atoms with van der Waals surface area (Å²) in [4.78, 5) is 0. The summed E-state index contributed by atoms with van der Waals surface area (Å²) in [6, 6.07) is 20.9. The quantitative estimate of drug-likeness (QED) is 0.102. The molecule has 0 bridgehead atoms. The Bertz CT molecular complexity index is 1180. The fourth-order valence-corrected chi connectivity index (χ4v) is 30.8. The van der Waals surface area contributed by atoms with Crippen molar-refractivity contribution in [3.63, 3.8) is 0 Å². The summed E-state index contributed by atoms with van der Waals surface area (Å²) >= 11 is 0. The Morgan fingerprint density at radius 1 is 0.523 bits per heavy atom. The molecule has 0 N–H and O–H groups in total. The van der Waals surface area contributed by atoms with Crippen LogP contribution >= 0.6 is 0 Å². The molecule has 2 aromatic rings. The van der Waals surface area contributed by atoms with Crippen LogP contribution < -0.4 is 0 Å². The first-order valence-corrected chi connectivity index (χ1v) is 31.4. The standard InChI is InChI=1S/C34H61NO4Si5/c1-12-13-14-15-16-17-18-28-40(2,3)36-42(6,7)38-44(10,11)39-43(8,9)37-41(4,5)29-27-31-19-23-33(24-20-31)34-25-21-32(30-35)22-26-34/h19-26H,12-18,27-29H2,1-11H3. The van der Waals surface area contributed by atoms with E-state index < -0.39 is 42.3 Å². The van der Waals surface area contributed by atoms with Gasteiger partial charge in [-0.15, -0.1) is 0 Å². The summed E-state index contributed by atoms with van der Waals surface area (Å²) in [5.74, 6) is 0. The lowest BCUT2D eigenvalue weighted by molar-refractivity contribution is 0.298. The molecule has 0 aliphatic heterocycles. The van der Waals surface area contributed by atoms with Crippen molar-refractivity contribution in [2.24, 2.45) is 0 Å². The van der Waals surface area contributed by atoms with Crippen molar-refractivity contribution >= 4 is 42.3 Å². The third-order valence-electron chi connectivity index (χ3n) is 7.73. The number of unbranched alkanes of at least 4 members (excludes halogenated alkanes) is 6. The first-order chi connectivity index (χ1) is 20.4. The predicted molar refractivity (Wildman–Crippen MR) is 200 cm³/mol. The minimum Gasteiger partial charge on any atom is -0.436 e. The second kappa shape index (κ2) is 17.1. The molecule has 0 saturated carbocycles. The molecule has 246 valence electrons. The highest BCUT2D eigenvalue weighted by atomic mass is 28.5. The van der Waals surface area contributed by atoms with E-state index in [1.165, 1.54) is 62.1 Å². The van der Waals surface area contributed by atoms with Crippen molar-refractivity contribution in [1.29, 1.82) is 5.26 Å². The third kappa shape index (κ3) is 15.4. The topological polar surface area (TPSA) is 60.7 Å². The maximum Gasteiger partial charge on any atom is 0.314 e. The Hall–Kier alpha value is -1.15. The van der Waals surface area contributed by atoms with E-state index in [2.05, 4.69) is 103 Å². The van der Waals surface area contributed by atoms with Gasteiger partial charge in [0.1, 0.15) is 0 Å². The van der Waals surface area contributed by atoms with Crippen LogP contribution in [0.5, 0.6) is 0 Å². The lowest BCUT2D eigenvalue weighted by Gasteiger charge is -2.42. The molecule has 0 unspecified atom stereocenters. The maximum absolute atomic E-state index is 9.05. The molecular formula is C34H61NO4Si5. The molecule has 0 heterocycles. The van der Waals surface area contributed by atoms with Crippen LogP contribution in [0.25, 0.3) is 11.1 Å². The van der Waals surface area contributed by atoms with Crippen LogP contribution in [-0.2, 0) is 22.9 Å². The van der Waals surface area contributed by atoms with Crippen LogP contribution in [-0.4, -0.2) is 42.3 Å². The zero-order chi connectivity index (χ0) is 33.1. The van der Waals surface area contributed by atoms with Gasteiger partial charge in [-0.3, -0.25) is 0 Å². The van der Waals surface area contributed by atoms with Crippen molar-refractivity contribution in [1.82, 2.24) is 0 Å². The molecule has 0 radical (unpaired) electrons. The Labute approximate surface area is 275 Å². The van der Waals surface area contributed by atoms with Gasteiger partial charge in [-0.25, -0.2) is 0 Å².